The Morgan fingerprint density at radius 1 is 1.44 bits per heavy atom. The number of hydrogen-bond acceptors (Lipinski definition) is 2. The number of carboxylic acid groups (broad SMARTS) is 1. The Labute approximate surface area is 108 Å². The van der Waals surface area contributed by atoms with Gasteiger partial charge in [0.15, 0.2) is 0 Å². The molecule has 0 aromatic rings. The van der Waals surface area contributed by atoms with E-state index in [-0.39, 0.29) is 18.5 Å². The third kappa shape index (κ3) is 4.39. The molecule has 5 heteroatoms. The molecular weight excluding hydrogens is 232 g/mol. The van der Waals surface area contributed by atoms with Gasteiger partial charge in [0.1, 0.15) is 0 Å². The highest BCUT2D eigenvalue weighted by Gasteiger charge is 2.37. The monoisotopic (exact) mass is 254 g/mol. The molecule has 0 aromatic heterocycles. The minimum absolute atomic E-state index is 0.00371. The first-order valence-electron chi connectivity index (χ1n) is 6.39. The van der Waals surface area contributed by atoms with Gasteiger partial charge in [0.2, 0.25) is 0 Å². The molecule has 3 N–H and O–H groups in total. The summed E-state index contributed by atoms with van der Waals surface area (Å²) in [6.45, 7) is 5.50. The van der Waals surface area contributed by atoms with Crippen molar-refractivity contribution in [2.24, 2.45) is 0 Å². The van der Waals surface area contributed by atoms with Gasteiger partial charge in [-0.05, 0) is 26.2 Å². The van der Waals surface area contributed by atoms with E-state index in [4.69, 9.17) is 5.11 Å². The molecule has 1 saturated carbocycles. The molecule has 5 nitrogen and oxygen atoms in total. The highest BCUT2D eigenvalue weighted by molar-refractivity contribution is 5.77. The van der Waals surface area contributed by atoms with E-state index in [1.165, 1.54) is 0 Å². The number of urea groups is 1. The van der Waals surface area contributed by atoms with Crippen molar-refractivity contribution in [1.82, 2.24) is 10.6 Å². The van der Waals surface area contributed by atoms with Crippen LogP contribution in [0.2, 0.25) is 0 Å². The van der Waals surface area contributed by atoms with Gasteiger partial charge < -0.3 is 15.7 Å². The van der Waals surface area contributed by atoms with E-state index in [9.17, 15) is 9.59 Å². The van der Waals surface area contributed by atoms with Gasteiger partial charge in [-0.15, -0.1) is 6.58 Å². The lowest BCUT2D eigenvalue weighted by Gasteiger charge is -2.29. The Hall–Kier alpha value is -1.52. The van der Waals surface area contributed by atoms with Crippen molar-refractivity contribution in [3.63, 3.8) is 0 Å². The summed E-state index contributed by atoms with van der Waals surface area (Å²) < 4.78 is 0. The van der Waals surface area contributed by atoms with Crippen molar-refractivity contribution in [3.05, 3.63) is 12.7 Å². The maximum Gasteiger partial charge on any atom is 0.315 e. The molecule has 0 spiro atoms. The number of carbonyl (C=O) groups is 2. The van der Waals surface area contributed by atoms with Gasteiger partial charge in [-0.1, -0.05) is 18.9 Å². The van der Waals surface area contributed by atoms with Crippen molar-refractivity contribution in [3.8, 4) is 0 Å². The number of carbonyl (C=O) groups excluding carboxylic acids is 1. The van der Waals surface area contributed by atoms with Crippen LogP contribution in [0.4, 0.5) is 4.79 Å². The molecule has 1 atom stereocenters. The molecule has 1 rings (SSSR count). The van der Waals surface area contributed by atoms with E-state index in [2.05, 4.69) is 17.2 Å². The Bertz CT molecular complexity index is 322. The Balaban J connectivity index is 2.53. The summed E-state index contributed by atoms with van der Waals surface area (Å²) in [5.74, 6) is -0.865. The Kier molecular flexibility index (Phi) is 5.19. The van der Waals surface area contributed by atoms with E-state index >= 15 is 0 Å². The minimum atomic E-state index is -0.865. The maximum absolute atomic E-state index is 11.8. The third-order valence-electron chi connectivity index (χ3n) is 3.33. The van der Waals surface area contributed by atoms with Crippen LogP contribution in [0.25, 0.3) is 0 Å². The average molecular weight is 254 g/mol. The average Bonchev–Trinajstić information content (AvgIpc) is 2.64. The van der Waals surface area contributed by atoms with Gasteiger partial charge in [0, 0.05) is 6.04 Å². The molecule has 0 saturated heterocycles. The number of nitrogens with one attached hydrogen (secondary N) is 2. The van der Waals surface area contributed by atoms with Crippen LogP contribution in [0.5, 0.6) is 0 Å². The van der Waals surface area contributed by atoms with Crippen molar-refractivity contribution >= 4 is 12.0 Å². The molecule has 1 fully saturated rings. The standard InChI is InChI=1S/C13H22N2O3/c1-3-6-10(2)14-12(18)15-13(9-11(16)17)7-4-5-8-13/h3,10H,1,4-9H2,2H3,(H,16,17)(H2,14,15,18). The van der Waals surface area contributed by atoms with Crippen LogP contribution >= 0.6 is 0 Å². The fraction of sp³-hybridized carbons (Fsp3) is 0.692. The van der Waals surface area contributed by atoms with E-state index in [0.29, 0.717) is 6.42 Å². The maximum atomic E-state index is 11.8. The first-order valence-corrected chi connectivity index (χ1v) is 6.39. The van der Waals surface area contributed by atoms with Gasteiger partial charge >= 0.3 is 12.0 Å². The first kappa shape index (κ1) is 14.5. The number of hydrogen-bond donors (Lipinski definition) is 3. The molecule has 0 heterocycles. The molecule has 18 heavy (non-hydrogen) atoms. The molecular formula is C13H22N2O3. The summed E-state index contributed by atoms with van der Waals surface area (Å²) in [4.78, 5) is 22.7. The molecule has 2 amide bonds. The fourth-order valence-corrected chi connectivity index (χ4v) is 2.50. The molecule has 0 radical (unpaired) electrons. The molecule has 1 aliphatic carbocycles. The second-order valence-electron chi connectivity index (χ2n) is 5.08. The second-order valence-corrected chi connectivity index (χ2v) is 5.08. The normalized spacial score (nSPS) is 18.9. The van der Waals surface area contributed by atoms with Crippen LogP contribution < -0.4 is 10.6 Å². The van der Waals surface area contributed by atoms with Crippen LogP contribution in [0.15, 0.2) is 12.7 Å². The molecule has 0 aromatic carbocycles. The summed E-state index contributed by atoms with van der Waals surface area (Å²) in [5.41, 5.74) is -0.566. The van der Waals surface area contributed by atoms with Gasteiger partial charge in [0.05, 0.1) is 12.0 Å². The van der Waals surface area contributed by atoms with Crippen molar-refractivity contribution < 1.29 is 14.7 Å². The predicted octanol–water partition coefficient (Wildman–Crippen LogP) is 2.04. The molecule has 0 bridgehead atoms. The van der Waals surface area contributed by atoms with Crippen LogP contribution in [-0.2, 0) is 4.79 Å². The van der Waals surface area contributed by atoms with Crippen LogP contribution in [0.3, 0.4) is 0 Å². The number of aliphatic carboxylic acids is 1. The SMILES string of the molecule is C=CCC(C)NC(=O)NC1(CC(=O)O)CCCC1. The molecule has 1 unspecified atom stereocenters. The van der Waals surface area contributed by atoms with Gasteiger partial charge in [-0.25, -0.2) is 4.79 Å². The lowest BCUT2D eigenvalue weighted by Crippen LogP contribution is -2.53. The van der Waals surface area contributed by atoms with Crippen molar-refractivity contribution in [1.29, 1.82) is 0 Å². The molecule has 1 aliphatic rings. The Morgan fingerprint density at radius 2 is 2.06 bits per heavy atom. The smallest absolute Gasteiger partial charge is 0.315 e. The summed E-state index contributed by atoms with van der Waals surface area (Å²) in [7, 11) is 0. The summed E-state index contributed by atoms with van der Waals surface area (Å²) >= 11 is 0. The zero-order valence-electron chi connectivity index (χ0n) is 10.9. The quantitative estimate of drug-likeness (QED) is 0.635. The second kappa shape index (κ2) is 6.42. The van der Waals surface area contributed by atoms with Crippen molar-refractivity contribution in [2.45, 2.75) is 57.0 Å². The highest BCUT2D eigenvalue weighted by atomic mass is 16.4. The summed E-state index contributed by atoms with van der Waals surface area (Å²) in [6, 6.07) is -0.279. The third-order valence-corrected chi connectivity index (χ3v) is 3.33. The lowest BCUT2D eigenvalue weighted by atomic mass is 9.93. The van der Waals surface area contributed by atoms with Gasteiger partial charge in [-0.2, -0.15) is 0 Å². The number of rotatable bonds is 6. The van der Waals surface area contributed by atoms with Gasteiger partial charge in [-0.3, -0.25) is 4.79 Å². The zero-order valence-corrected chi connectivity index (χ0v) is 10.9. The summed E-state index contributed by atoms with van der Waals surface area (Å²) in [5, 5.41) is 14.6. The molecule has 0 aliphatic heterocycles. The van der Waals surface area contributed by atoms with E-state index in [1.807, 2.05) is 6.92 Å². The highest BCUT2D eigenvalue weighted by Crippen LogP contribution is 2.32. The topological polar surface area (TPSA) is 78.4 Å². The molecule has 102 valence electrons. The van der Waals surface area contributed by atoms with Crippen LogP contribution in [0.1, 0.15) is 45.4 Å². The fourth-order valence-electron chi connectivity index (χ4n) is 2.50. The van der Waals surface area contributed by atoms with E-state index in [1.54, 1.807) is 6.08 Å². The number of amides is 2. The van der Waals surface area contributed by atoms with Crippen molar-refractivity contribution in [2.75, 3.05) is 0 Å². The summed E-state index contributed by atoms with van der Waals surface area (Å²) in [6.07, 6.45) is 5.85. The predicted molar refractivity (Wildman–Crippen MR) is 69.4 cm³/mol. The lowest BCUT2D eigenvalue weighted by molar-refractivity contribution is -0.138. The largest absolute Gasteiger partial charge is 0.481 e. The first-order chi connectivity index (χ1) is 8.47. The van der Waals surface area contributed by atoms with Crippen LogP contribution in [0, 0.1) is 0 Å². The van der Waals surface area contributed by atoms with E-state index < -0.39 is 11.5 Å². The zero-order chi connectivity index (χ0) is 13.6. The van der Waals surface area contributed by atoms with E-state index in [0.717, 1.165) is 25.7 Å². The Morgan fingerprint density at radius 3 is 2.56 bits per heavy atom. The minimum Gasteiger partial charge on any atom is -0.481 e. The van der Waals surface area contributed by atoms with Gasteiger partial charge in [0.25, 0.3) is 0 Å². The van der Waals surface area contributed by atoms with Crippen LogP contribution in [-0.4, -0.2) is 28.7 Å². The number of carboxylic acids is 1.